The van der Waals surface area contributed by atoms with Gasteiger partial charge in [0.2, 0.25) is 5.91 Å². The zero-order valence-electron chi connectivity index (χ0n) is 18.9. The summed E-state index contributed by atoms with van der Waals surface area (Å²) in [5.41, 5.74) is 2.56. The Hall–Kier alpha value is -3.52. The molecule has 0 saturated heterocycles. The molecular weight excluding hydrogens is 440 g/mol. The second kappa shape index (κ2) is 10.9. The van der Waals surface area contributed by atoms with Crippen LogP contribution in [0.1, 0.15) is 11.1 Å². The summed E-state index contributed by atoms with van der Waals surface area (Å²) in [6, 6.07) is 20.5. The summed E-state index contributed by atoms with van der Waals surface area (Å²) in [7, 11) is -2.46. The molecule has 0 aliphatic carbocycles. The van der Waals surface area contributed by atoms with Crippen molar-refractivity contribution in [2.24, 2.45) is 0 Å². The smallest absolute Gasteiger partial charge is 0.264 e. The van der Waals surface area contributed by atoms with Crippen molar-refractivity contribution in [3.05, 3.63) is 83.9 Å². The highest BCUT2D eigenvalue weighted by molar-refractivity contribution is 7.92. The monoisotopic (exact) mass is 468 g/mol. The van der Waals surface area contributed by atoms with Crippen molar-refractivity contribution in [1.29, 1.82) is 0 Å². The minimum atomic E-state index is -3.97. The van der Waals surface area contributed by atoms with E-state index in [1.165, 1.54) is 19.2 Å². The van der Waals surface area contributed by atoms with Gasteiger partial charge in [-0.2, -0.15) is 0 Å². The molecule has 8 heteroatoms. The highest BCUT2D eigenvalue weighted by Crippen LogP contribution is 2.25. The third kappa shape index (κ3) is 6.26. The minimum absolute atomic E-state index is 0.0677. The van der Waals surface area contributed by atoms with Crippen LogP contribution in [0.5, 0.6) is 11.5 Å². The van der Waals surface area contributed by atoms with E-state index in [1.807, 2.05) is 32.0 Å². The van der Waals surface area contributed by atoms with Crippen molar-refractivity contribution in [2.45, 2.75) is 18.7 Å². The van der Waals surface area contributed by atoms with E-state index >= 15 is 0 Å². The molecule has 0 saturated carbocycles. The second-order valence-electron chi connectivity index (χ2n) is 7.49. The van der Waals surface area contributed by atoms with Crippen molar-refractivity contribution in [1.82, 2.24) is 5.32 Å². The Kier molecular flexibility index (Phi) is 7.95. The minimum Gasteiger partial charge on any atom is -0.497 e. The summed E-state index contributed by atoms with van der Waals surface area (Å²) in [5.74, 6) is 0.866. The van der Waals surface area contributed by atoms with E-state index in [9.17, 15) is 13.2 Å². The first-order valence-corrected chi connectivity index (χ1v) is 11.9. The average molecular weight is 469 g/mol. The van der Waals surface area contributed by atoms with Crippen LogP contribution >= 0.6 is 0 Å². The van der Waals surface area contributed by atoms with Crippen LogP contribution in [0.15, 0.2) is 77.7 Å². The number of amides is 1. The normalized spacial score (nSPS) is 11.0. The summed E-state index contributed by atoms with van der Waals surface area (Å²) >= 11 is 0. The molecule has 0 heterocycles. The van der Waals surface area contributed by atoms with E-state index in [1.54, 1.807) is 42.5 Å². The number of aryl methyl sites for hydroxylation is 2. The number of benzene rings is 3. The summed E-state index contributed by atoms with van der Waals surface area (Å²) in [5, 5.41) is 2.74. The number of carbonyl (C=O) groups is 1. The van der Waals surface area contributed by atoms with Crippen LogP contribution < -0.4 is 19.1 Å². The average Bonchev–Trinajstić information content (AvgIpc) is 2.82. The molecule has 0 fully saturated rings. The Morgan fingerprint density at radius 1 is 0.970 bits per heavy atom. The molecule has 0 aliphatic heterocycles. The maximum atomic E-state index is 13.3. The van der Waals surface area contributed by atoms with Gasteiger partial charge in [-0.1, -0.05) is 35.9 Å². The molecule has 0 aliphatic rings. The molecule has 3 aromatic rings. The zero-order valence-corrected chi connectivity index (χ0v) is 19.8. The van der Waals surface area contributed by atoms with Gasteiger partial charge in [-0.25, -0.2) is 8.42 Å². The maximum Gasteiger partial charge on any atom is 0.264 e. The van der Waals surface area contributed by atoms with Gasteiger partial charge in [0.1, 0.15) is 24.7 Å². The fourth-order valence-electron chi connectivity index (χ4n) is 3.28. The van der Waals surface area contributed by atoms with E-state index in [-0.39, 0.29) is 24.6 Å². The highest BCUT2D eigenvalue weighted by Gasteiger charge is 2.27. The fraction of sp³-hybridized carbons (Fsp3) is 0.240. The molecular formula is C25H28N2O5S. The van der Waals surface area contributed by atoms with Gasteiger partial charge in [-0.05, 0) is 61.9 Å². The number of methoxy groups -OCH3 is 1. The van der Waals surface area contributed by atoms with Gasteiger partial charge >= 0.3 is 0 Å². The maximum absolute atomic E-state index is 13.3. The number of hydrogen-bond donors (Lipinski definition) is 1. The van der Waals surface area contributed by atoms with Crippen molar-refractivity contribution in [3.8, 4) is 11.5 Å². The van der Waals surface area contributed by atoms with Crippen LogP contribution in [0.3, 0.4) is 0 Å². The molecule has 0 radical (unpaired) electrons. The number of carbonyl (C=O) groups excluding carboxylic acids is 1. The van der Waals surface area contributed by atoms with Crippen molar-refractivity contribution < 1.29 is 22.7 Å². The lowest BCUT2D eigenvalue weighted by Gasteiger charge is -2.24. The van der Waals surface area contributed by atoms with Gasteiger partial charge in [0, 0.05) is 0 Å². The molecule has 1 N–H and O–H groups in total. The lowest BCUT2D eigenvalue weighted by molar-refractivity contribution is -0.119. The van der Waals surface area contributed by atoms with Crippen LogP contribution in [-0.2, 0) is 14.8 Å². The first-order valence-electron chi connectivity index (χ1n) is 10.5. The Bertz CT molecular complexity index is 1180. The molecule has 3 rings (SSSR count). The molecule has 3 aromatic carbocycles. The number of hydrogen-bond acceptors (Lipinski definition) is 5. The van der Waals surface area contributed by atoms with E-state index in [0.29, 0.717) is 11.4 Å². The summed E-state index contributed by atoms with van der Waals surface area (Å²) in [6.45, 7) is 4.13. The Morgan fingerprint density at radius 2 is 1.67 bits per heavy atom. The van der Waals surface area contributed by atoms with Crippen LogP contribution in [0, 0.1) is 13.8 Å². The molecule has 0 atom stereocenters. The number of rotatable bonds is 10. The van der Waals surface area contributed by atoms with Gasteiger partial charge in [0.15, 0.2) is 0 Å². The molecule has 33 heavy (non-hydrogen) atoms. The van der Waals surface area contributed by atoms with Crippen molar-refractivity contribution in [3.63, 3.8) is 0 Å². The predicted molar refractivity (Wildman–Crippen MR) is 128 cm³/mol. The first kappa shape index (κ1) is 24.1. The third-order valence-electron chi connectivity index (χ3n) is 4.99. The van der Waals surface area contributed by atoms with Crippen molar-refractivity contribution >= 4 is 21.6 Å². The Labute approximate surface area is 195 Å². The molecule has 0 spiro atoms. The number of ether oxygens (including phenoxy) is 2. The van der Waals surface area contributed by atoms with Gasteiger partial charge in [0.25, 0.3) is 10.0 Å². The standard InChI is InChI=1S/C25H28N2O5S/c1-19-9-14-24(20(2)17-19)32-16-15-26-25(28)18-27(21-7-5-4-6-8-21)33(29,30)23-12-10-22(31-3)11-13-23/h4-14,17H,15-16,18H2,1-3H3,(H,26,28). The Morgan fingerprint density at radius 3 is 2.30 bits per heavy atom. The lowest BCUT2D eigenvalue weighted by atomic mass is 10.1. The molecule has 1 amide bonds. The topological polar surface area (TPSA) is 84.9 Å². The molecule has 0 bridgehead atoms. The summed E-state index contributed by atoms with van der Waals surface area (Å²) < 4.78 is 38.6. The highest BCUT2D eigenvalue weighted by atomic mass is 32.2. The van der Waals surface area contributed by atoms with Crippen LogP contribution in [0.2, 0.25) is 0 Å². The fourth-order valence-corrected chi connectivity index (χ4v) is 4.70. The largest absolute Gasteiger partial charge is 0.497 e. The van der Waals surface area contributed by atoms with Gasteiger partial charge < -0.3 is 14.8 Å². The Balaban J connectivity index is 1.68. The molecule has 0 aromatic heterocycles. The number of para-hydroxylation sites is 1. The zero-order chi connectivity index (χ0) is 23.8. The van der Waals surface area contributed by atoms with E-state index in [4.69, 9.17) is 9.47 Å². The number of anilines is 1. The summed E-state index contributed by atoms with van der Waals surface area (Å²) in [4.78, 5) is 12.7. The number of sulfonamides is 1. The van der Waals surface area contributed by atoms with Crippen LogP contribution in [0.4, 0.5) is 5.69 Å². The molecule has 7 nitrogen and oxygen atoms in total. The van der Waals surface area contributed by atoms with E-state index in [0.717, 1.165) is 21.2 Å². The third-order valence-corrected chi connectivity index (χ3v) is 6.78. The van der Waals surface area contributed by atoms with Gasteiger partial charge in [0.05, 0.1) is 24.2 Å². The van der Waals surface area contributed by atoms with Crippen LogP contribution in [-0.4, -0.2) is 41.1 Å². The second-order valence-corrected chi connectivity index (χ2v) is 9.35. The summed E-state index contributed by atoms with van der Waals surface area (Å²) in [6.07, 6.45) is 0. The molecule has 174 valence electrons. The SMILES string of the molecule is COc1ccc(S(=O)(=O)N(CC(=O)NCCOc2ccc(C)cc2C)c2ccccc2)cc1. The van der Waals surface area contributed by atoms with Gasteiger partial charge in [-0.3, -0.25) is 9.10 Å². The van der Waals surface area contributed by atoms with Crippen LogP contribution in [0.25, 0.3) is 0 Å². The molecule has 0 unspecified atom stereocenters. The quantitative estimate of drug-likeness (QED) is 0.459. The first-order chi connectivity index (χ1) is 15.8. The lowest BCUT2D eigenvalue weighted by Crippen LogP contribution is -2.41. The van der Waals surface area contributed by atoms with E-state index in [2.05, 4.69) is 5.32 Å². The van der Waals surface area contributed by atoms with Gasteiger partial charge in [-0.15, -0.1) is 0 Å². The van der Waals surface area contributed by atoms with Crippen molar-refractivity contribution in [2.75, 3.05) is 31.1 Å². The number of nitrogens with zero attached hydrogens (tertiary/aromatic N) is 1. The predicted octanol–water partition coefficient (Wildman–Crippen LogP) is 3.70. The number of nitrogens with one attached hydrogen (secondary N) is 1. The van der Waals surface area contributed by atoms with E-state index < -0.39 is 15.9 Å².